The summed E-state index contributed by atoms with van der Waals surface area (Å²) in [6.45, 7) is 2.88. The summed E-state index contributed by atoms with van der Waals surface area (Å²) in [4.78, 5) is 19.6. The molecule has 118 valence electrons. The summed E-state index contributed by atoms with van der Waals surface area (Å²) in [6.07, 6.45) is 5.09. The number of nitrogen functional groups attached to an aromatic ring is 1. The molecule has 0 radical (unpaired) electrons. The van der Waals surface area contributed by atoms with Gasteiger partial charge in [-0.2, -0.15) is 10.1 Å². The molecule has 23 heavy (non-hydrogen) atoms. The lowest BCUT2D eigenvalue weighted by Crippen LogP contribution is -2.37. The summed E-state index contributed by atoms with van der Waals surface area (Å²) in [6, 6.07) is 0. The second-order valence-corrected chi connectivity index (χ2v) is 5.31. The second kappa shape index (κ2) is 5.43. The maximum atomic E-state index is 5.57. The summed E-state index contributed by atoms with van der Waals surface area (Å²) >= 11 is 0. The van der Waals surface area contributed by atoms with Crippen LogP contribution in [0.25, 0.3) is 22.3 Å². The van der Waals surface area contributed by atoms with Gasteiger partial charge in [-0.25, -0.2) is 15.0 Å². The van der Waals surface area contributed by atoms with Crippen molar-refractivity contribution in [2.24, 2.45) is 7.05 Å². The average Bonchev–Trinajstić information content (AvgIpc) is 2.97. The maximum Gasteiger partial charge on any atom is 0.228 e. The van der Waals surface area contributed by atoms with Gasteiger partial charge in [0.15, 0.2) is 5.65 Å². The number of anilines is 2. The molecule has 0 spiro atoms. The third kappa shape index (κ3) is 2.44. The van der Waals surface area contributed by atoms with Gasteiger partial charge in [-0.05, 0) is 0 Å². The maximum absolute atomic E-state index is 5.57. The number of nitrogens with two attached hydrogens (primary N) is 1. The van der Waals surface area contributed by atoms with Crippen LogP contribution in [0.15, 0.2) is 18.6 Å². The Kier molecular flexibility index (Phi) is 3.27. The van der Waals surface area contributed by atoms with E-state index >= 15 is 0 Å². The molecule has 0 saturated carbocycles. The van der Waals surface area contributed by atoms with Crippen molar-refractivity contribution in [1.29, 1.82) is 0 Å². The van der Waals surface area contributed by atoms with E-state index in [0.717, 1.165) is 35.4 Å². The topological polar surface area (TPSA) is 108 Å². The molecule has 0 unspecified atom stereocenters. The highest BCUT2D eigenvalue weighted by molar-refractivity contribution is 5.90. The first-order chi connectivity index (χ1) is 11.2. The SMILES string of the molecule is Cn1ncc2c(-c3cnc(N)nc3)nc(N3CCOCC3)nc21. The summed E-state index contributed by atoms with van der Waals surface area (Å²) in [5, 5.41) is 5.15. The van der Waals surface area contributed by atoms with E-state index in [4.69, 9.17) is 15.5 Å². The second-order valence-electron chi connectivity index (χ2n) is 5.31. The van der Waals surface area contributed by atoms with E-state index in [1.807, 2.05) is 7.05 Å². The molecule has 0 aromatic carbocycles. The predicted molar refractivity (Wildman–Crippen MR) is 84.8 cm³/mol. The molecule has 1 aliphatic heterocycles. The standard InChI is InChI=1S/C14H16N8O/c1-21-12-10(8-18-21)11(9-6-16-13(15)17-7-9)19-14(20-12)22-2-4-23-5-3-22/h6-8H,2-5H2,1H3,(H2,15,16,17). The minimum absolute atomic E-state index is 0.235. The molecule has 1 fully saturated rings. The van der Waals surface area contributed by atoms with Crippen molar-refractivity contribution in [3.05, 3.63) is 18.6 Å². The highest BCUT2D eigenvalue weighted by atomic mass is 16.5. The highest BCUT2D eigenvalue weighted by Gasteiger charge is 2.19. The van der Waals surface area contributed by atoms with Gasteiger partial charge in [0, 0.05) is 38.1 Å². The average molecular weight is 312 g/mol. The first kappa shape index (κ1) is 13.8. The third-order valence-electron chi connectivity index (χ3n) is 3.82. The predicted octanol–water partition coefficient (Wildman–Crippen LogP) is 0.239. The molecule has 0 atom stereocenters. The van der Waals surface area contributed by atoms with Crippen LogP contribution >= 0.6 is 0 Å². The Hall–Kier alpha value is -2.81. The van der Waals surface area contributed by atoms with E-state index < -0.39 is 0 Å². The molecule has 0 amide bonds. The van der Waals surface area contributed by atoms with Crippen molar-refractivity contribution in [2.45, 2.75) is 0 Å². The van der Waals surface area contributed by atoms with Crippen molar-refractivity contribution in [3.8, 4) is 11.3 Å². The molecular formula is C14H16N8O. The molecule has 2 N–H and O–H groups in total. The first-order valence-electron chi connectivity index (χ1n) is 7.33. The van der Waals surface area contributed by atoms with E-state index in [2.05, 4.69) is 25.0 Å². The fraction of sp³-hybridized carbons (Fsp3) is 0.357. The lowest BCUT2D eigenvalue weighted by atomic mass is 10.2. The van der Waals surface area contributed by atoms with Crippen LogP contribution in [-0.4, -0.2) is 56.0 Å². The largest absolute Gasteiger partial charge is 0.378 e. The minimum atomic E-state index is 0.235. The smallest absolute Gasteiger partial charge is 0.228 e. The molecule has 9 nitrogen and oxygen atoms in total. The Bertz CT molecular complexity index is 838. The van der Waals surface area contributed by atoms with Gasteiger partial charge in [-0.1, -0.05) is 0 Å². The number of aromatic nitrogens is 6. The lowest BCUT2D eigenvalue weighted by Gasteiger charge is -2.27. The van der Waals surface area contributed by atoms with Crippen molar-refractivity contribution in [2.75, 3.05) is 36.9 Å². The van der Waals surface area contributed by atoms with Crippen LogP contribution in [-0.2, 0) is 11.8 Å². The normalized spacial score (nSPS) is 15.3. The van der Waals surface area contributed by atoms with Gasteiger partial charge in [-0.15, -0.1) is 0 Å². The molecule has 9 heteroatoms. The molecule has 3 aromatic heterocycles. The van der Waals surface area contributed by atoms with Crippen molar-refractivity contribution < 1.29 is 4.74 Å². The Balaban J connectivity index is 1.89. The number of nitrogens with zero attached hydrogens (tertiary/aromatic N) is 7. The summed E-state index contributed by atoms with van der Waals surface area (Å²) in [5.74, 6) is 0.898. The summed E-state index contributed by atoms with van der Waals surface area (Å²) < 4.78 is 7.14. The van der Waals surface area contributed by atoms with Crippen LogP contribution in [0.2, 0.25) is 0 Å². The van der Waals surface area contributed by atoms with Crippen LogP contribution < -0.4 is 10.6 Å². The van der Waals surface area contributed by atoms with E-state index in [1.54, 1.807) is 23.3 Å². The fourth-order valence-electron chi connectivity index (χ4n) is 2.60. The van der Waals surface area contributed by atoms with Gasteiger partial charge in [0.05, 0.1) is 30.5 Å². The molecule has 1 aliphatic rings. The Morgan fingerprint density at radius 1 is 1.09 bits per heavy atom. The van der Waals surface area contributed by atoms with E-state index in [9.17, 15) is 0 Å². The molecule has 3 aromatic rings. The van der Waals surface area contributed by atoms with E-state index in [1.165, 1.54) is 0 Å². The Morgan fingerprint density at radius 2 is 1.83 bits per heavy atom. The van der Waals surface area contributed by atoms with Crippen LogP contribution in [0.3, 0.4) is 0 Å². The van der Waals surface area contributed by atoms with Crippen LogP contribution in [0.4, 0.5) is 11.9 Å². The van der Waals surface area contributed by atoms with Gasteiger partial charge >= 0.3 is 0 Å². The summed E-state index contributed by atoms with van der Waals surface area (Å²) in [5.41, 5.74) is 7.89. The Labute approximate surface area is 132 Å². The van der Waals surface area contributed by atoms with Crippen LogP contribution in [0.5, 0.6) is 0 Å². The van der Waals surface area contributed by atoms with E-state index in [-0.39, 0.29) is 5.95 Å². The number of morpholine rings is 1. The zero-order chi connectivity index (χ0) is 15.8. The lowest BCUT2D eigenvalue weighted by molar-refractivity contribution is 0.122. The number of rotatable bonds is 2. The third-order valence-corrected chi connectivity index (χ3v) is 3.82. The fourth-order valence-corrected chi connectivity index (χ4v) is 2.60. The molecule has 0 aliphatic carbocycles. The molecule has 4 rings (SSSR count). The van der Waals surface area contributed by atoms with Crippen LogP contribution in [0.1, 0.15) is 0 Å². The number of fused-ring (bicyclic) bond motifs is 1. The van der Waals surface area contributed by atoms with Gasteiger partial charge in [0.25, 0.3) is 0 Å². The monoisotopic (exact) mass is 312 g/mol. The number of hydrogen-bond acceptors (Lipinski definition) is 8. The quantitative estimate of drug-likeness (QED) is 0.717. The molecule has 4 heterocycles. The van der Waals surface area contributed by atoms with Gasteiger partial charge in [0.2, 0.25) is 11.9 Å². The zero-order valence-corrected chi connectivity index (χ0v) is 12.7. The van der Waals surface area contributed by atoms with Crippen molar-refractivity contribution in [1.82, 2.24) is 29.7 Å². The molecular weight excluding hydrogens is 296 g/mol. The number of hydrogen-bond donors (Lipinski definition) is 1. The van der Waals surface area contributed by atoms with Gasteiger partial charge in [-0.3, -0.25) is 4.68 Å². The number of aryl methyl sites for hydroxylation is 1. The van der Waals surface area contributed by atoms with Crippen molar-refractivity contribution >= 4 is 22.9 Å². The minimum Gasteiger partial charge on any atom is -0.378 e. The Morgan fingerprint density at radius 3 is 2.57 bits per heavy atom. The first-order valence-corrected chi connectivity index (χ1v) is 7.33. The zero-order valence-electron chi connectivity index (χ0n) is 12.7. The molecule has 1 saturated heterocycles. The van der Waals surface area contributed by atoms with Crippen molar-refractivity contribution in [3.63, 3.8) is 0 Å². The van der Waals surface area contributed by atoms with E-state index in [0.29, 0.717) is 19.2 Å². The van der Waals surface area contributed by atoms with Crippen LogP contribution in [0, 0.1) is 0 Å². The van der Waals surface area contributed by atoms with Gasteiger partial charge < -0.3 is 15.4 Å². The summed E-state index contributed by atoms with van der Waals surface area (Å²) in [7, 11) is 1.86. The number of ether oxygens (including phenoxy) is 1. The highest BCUT2D eigenvalue weighted by Crippen LogP contribution is 2.27. The molecule has 0 bridgehead atoms. The van der Waals surface area contributed by atoms with Gasteiger partial charge in [0.1, 0.15) is 0 Å².